The standard InChI is InChI=1S/C15H20N2O3/c18-8-4-3-7-16-9-12-10-17(11-15(19)20)14-6-2-1-5-13(12)14/h1-2,5-6,10,16,18H,3-4,7-9,11H2,(H,19,20). The number of fused-ring (bicyclic) bond motifs is 1. The van der Waals surface area contributed by atoms with Crippen LogP contribution in [0.25, 0.3) is 10.9 Å². The highest BCUT2D eigenvalue weighted by molar-refractivity contribution is 5.85. The van der Waals surface area contributed by atoms with Gasteiger partial charge in [0.1, 0.15) is 6.54 Å². The van der Waals surface area contributed by atoms with Crippen LogP contribution in [0.2, 0.25) is 0 Å². The molecule has 1 aromatic carbocycles. The lowest BCUT2D eigenvalue weighted by Crippen LogP contribution is -2.15. The zero-order chi connectivity index (χ0) is 14.4. The lowest BCUT2D eigenvalue weighted by atomic mass is 10.2. The van der Waals surface area contributed by atoms with Crippen molar-refractivity contribution in [3.63, 3.8) is 0 Å². The van der Waals surface area contributed by atoms with Gasteiger partial charge in [-0.1, -0.05) is 18.2 Å². The number of benzene rings is 1. The number of unbranched alkanes of at least 4 members (excludes halogenated alkanes) is 1. The molecule has 20 heavy (non-hydrogen) atoms. The van der Waals surface area contributed by atoms with Crippen LogP contribution >= 0.6 is 0 Å². The van der Waals surface area contributed by atoms with Crippen LogP contribution in [0.3, 0.4) is 0 Å². The summed E-state index contributed by atoms with van der Waals surface area (Å²) in [6, 6.07) is 7.83. The van der Waals surface area contributed by atoms with E-state index in [-0.39, 0.29) is 13.2 Å². The zero-order valence-electron chi connectivity index (χ0n) is 11.4. The molecule has 0 saturated carbocycles. The normalized spacial score (nSPS) is 11.1. The van der Waals surface area contributed by atoms with E-state index in [1.54, 1.807) is 4.57 Å². The number of para-hydroxylation sites is 1. The van der Waals surface area contributed by atoms with Crippen molar-refractivity contribution in [2.24, 2.45) is 0 Å². The van der Waals surface area contributed by atoms with Gasteiger partial charge in [-0.3, -0.25) is 4.79 Å². The van der Waals surface area contributed by atoms with Gasteiger partial charge in [0.25, 0.3) is 0 Å². The van der Waals surface area contributed by atoms with Gasteiger partial charge in [-0.2, -0.15) is 0 Å². The molecule has 2 aromatic rings. The van der Waals surface area contributed by atoms with Gasteiger partial charge < -0.3 is 20.1 Å². The SMILES string of the molecule is O=C(O)Cn1cc(CNCCCCO)c2ccccc21. The molecule has 0 amide bonds. The molecule has 5 heteroatoms. The lowest BCUT2D eigenvalue weighted by Gasteiger charge is -2.02. The van der Waals surface area contributed by atoms with E-state index in [1.165, 1.54) is 0 Å². The maximum absolute atomic E-state index is 10.9. The minimum absolute atomic E-state index is 0.0228. The minimum Gasteiger partial charge on any atom is -0.480 e. The Morgan fingerprint density at radius 3 is 2.80 bits per heavy atom. The molecule has 3 N–H and O–H groups in total. The van der Waals surface area contributed by atoms with E-state index in [0.717, 1.165) is 35.9 Å². The second-order valence-corrected chi connectivity index (χ2v) is 4.80. The summed E-state index contributed by atoms with van der Waals surface area (Å²) in [7, 11) is 0. The number of carbonyl (C=O) groups is 1. The maximum atomic E-state index is 10.9. The molecule has 1 heterocycles. The highest BCUT2D eigenvalue weighted by Crippen LogP contribution is 2.21. The van der Waals surface area contributed by atoms with Crippen LogP contribution in [0.4, 0.5) is 0 Å². The first-order valence-corrected chi connectivity index (χ1v) is 6.82. The number of carboxylic acid groups (broad SMARTS) is 1. The van der Waals surface area contributed by atoms with Crippen LogP contribution in [0.5, 0.6) is 0 Å². The van der Waals surface area contributed by atoms with Crippen molar-refractivity contribution in [2.75, 3.05) is 13.2 Å². The molecule has 5 nitrogen and oxygen atoms in total. The van der Waals surface area contributed by atoms with Gasteiger partial charge in [0.05, 0.1) is 0 Å². The fraction of sp³-hybridized carbons (Fsp3) is 0.400. The zero-order valence-corrected chi connectivity index (χ0v) is 11.4. The fourth-order valence-corrected chi connectivity index (χ4v) is 2.33. The Morgan fingerprint density at radius 2 is 2.05 bits per heavy atom. The van der Waals surface area contributed by atoms with Gasteiger partial charge in [-0.15, -0.1) is 0 Å². The number of aliphatic carboxylic acids is 1. The molecule has 108 valence electrons. The fourth-order valence-electron chi connectivity index (χ4n) is 2.33. The van der Waals surface area contributed by atoms with Crippen LogP contribution in [-0.2, 0) is 17.9 Å². The Hall–Kier alpha value is -1.85. The second kappa shape index (κ2) is 7.07. The summed E-state index contributed by atoms with van der Waals surface area (Å²) in [5.41, 5.74) is 2.05. The summed E-state index contributed by atoms with van der Waals surface area (Å²) in [5.74, 6) is -0.840. The van der Waals surface area contributed by atoms with Crippen molar-refractivity contribution in [2.45, 2.75) is 25.9 Å². The highest BCUT2D eigenvalue weighted by Gasteiger charge is 2.09. The lowest BCUT2D eigenvalue weighted by molar-refractivity contribution is -0.137. The molecule has 0 atom stereocenters. The third-order valence-corrected chi connectivity index (χ3v) is 3.25. The van der Waals surface area contributed by atoms with Crippen molar-refractivity contribution < 1.29 is 15.0 Å². The van der Waals surface area contributed by atoms with E-state index in [4.69, 9.17) is 10.2 Å². The van der Waals surface area contributed by atoms with E-state index < -0.39 is 5.97 Å². The Kier molecular flexibility index (Phi) is 5.15. The van der Waals surface area contributed by atoms with Crippen LogP contribution < -0.4 is 5.32 Å². The maximum Gasteiger partial charge on any atom is 0.323 e. The molecule has 0 aliphatic carbocycles. The number of aromatic nitrogens is 1. The molecule has 0 aliphatic rings. The number of nitrogens with one attached hydrogen (secondary N) is 1. The largest absolute Gasteiger partial charge is 0.480 e. The van der Waals surface area contributed by atoms with Crippen LogP contribution in [-0.4, -0.2) is 33.9 Å². The van der Waals surface area contributed by atoms with Crippen molar-refractivity contribution in [3.05, 3.63) is 36.0 Å². The number of carboxylic acids is 1. The van der Waals surface area contributed by atoms with Gasteiger partial charge in [0.15, 0.2) is 0 Å². The topological polar surface area (TPSA) is 74.5 Å². The average Bonchev–Trinajstić information content (AvgIpc) is 2.77. The van der Waals surface area contributed by atoms with E-state index in [9.17, 15) is 4.79 Å². The monoisotopic (exact) mass is 276 g/mol. The van der Waals surface area contributed by atoms with Gasteiger partial charge in [0, 0.05) is 30.3 Å². The first-order valence-electron chi connectivity index (χ1n) is 6.82. The van der Waals surface area contributed by atoms with E-state index in [1.807, 2.05) is 30.5 Å². The van der Waals surface area contributed by atoms with Gasteiger partial charge in [-0.05, 0) is 31.0 Å². The number of hydrogen-bond donors (Lipinski definition) is 3. The van der Waals surface area contributed by atoms with E-state index in [2.05, 4.69) is 5.32 Å². The van der Waals surface area contributed by atoms with Crippen LogP contribution in [0.1, 0.15) is 18.4 Å². The second-order valence-electron chi connectivity index (χ2n) is 4.80. The summed E-state index contributed by atoms with van der Waals surface area (Å²) in [4.78, 5) is 10.9. The quantitative estimate of drug-likeness (QED) is 0.640. The number of rotatable bonds is 8. The number of hydrogen-bond acceptors (Lipinski definition) is 3. The number of aliphatic hydroxyl groups is 1. The Labute approximate surface area is 117 Å². The molecular formula is C15H20N2O3. The summed E-state index contributed by atoms with van der Waals surface area (Å²) in [6.07, 6.45) is 3.63. The third-order valence-electron chi connectivity index (χ3n) is 3.25. The van der Waals surface area contributed by atoms with Crippen LogP contribution in [0, 0.1) is 0 Å². The Balaban J connectivity index is 2.10. The molecule has 0 saturated heterocycles. The molecule has 0 radical (unpaired) electrons. The summed E-state index contributed by atoms with van der Waals surface area (Å²) >= 11 is 0. The molecule has 0 bridgehead atoms. The minimum atomic E-state index is -0.840. The van der Waals surface area contributed by atoms with Crippen molar-refractivity contribution in [1.29, 1.82) is 0 Å². The molecule has 0 spiro atoms. The molecule has 0 unspecified atom stereocenters. The molecule has 1 aromatic heterocycles. The van der Waals surface area contributed by atoms with Crippen molar-refractivity contribution in [3.8, 4) is 0 Å². The smallest absolute Gasteiger partial charge is 0.323 e. The third kappa shape index (κ3) is 3.59. The first kappa shape index (κ1) is 14.6. The number of nitrogens with zero attached hydrogens (tertiary/aromatic N) is 1. The molecule has 2 rings (SSSR count). The predicted molar refractivity (Wildman–Crippen MR) is 77.6 cm³/mol. The summed E-state index contributed by atoms with van der Waals surface area (Å²) < 4.78 is 1.77. The average molecular weight is 276 g/mol. The van der Waals surface area contributed by atoms with E-state index >= 15 is 0 Å². The van der Waals surface area contributed by atoms with Crippen LogP contribution in [0.15, 0.2) is 30.5 Å². The van der Waals surface area contributed by atoms with Crippen molar-refractivity contribution >= 4 is 16.9 Å². The summed E-state index contributed by atoms with van der Waals surface area (Å²) in [6.45, 7) is 1.75. The number of aliphatic hydroxyl groups excluding tert-OH is 1. The van der Waals surface area contributed by atoms with Gasteiger partial charge >= 0.3 is 5.97 Å². The first-order chi connectivity index (χ1) is 9.72. The van der Waals surface area contributed by atoms with Gasteiger partial charge in [-0.25, -0.2) is 0 Å². The molecule has 0 fully saturated rings. The highest BCUT2D eigenvalue weighted by atomic mass is 16.4. The van der Waals surface area contributed by atoms with Gasteiger partial charge in [0.2, 0.25) is 0 Å². The molecule has 0 aliphatic heterocycles. The Morgan fingerprint density at radius 1 is 1.25 bits per heavy atom. The van der Waals surface area contributed by atoms with Crippen molar-refractivity contribution in [1.82, 2.24) is 9.88 Å². The summed E-state index contributed by atoms with van der Waals surface area (Å²) in [5, 5.41) is 22.1. The van der Waals surface area contributed by atoms with E-state index in [0.29, 0.717) is 6.54 Å². The predicted octanol–water partition coefficient (Wildman–Crippen LogP) is 1.59. The Bertz CT molecular complexity index is 578. The molecular weight excluding hydrogens is 256 g/mol.